The minimum atomic E-state index is -1.13. The van der Waals surface area contributed by atoms with Crippen LogP contribution in [0.3, 0.4) is 0 Å². The van der Waals surface area contributed by atoms with Crippen molar-refractivity contribution in [2.24, 2.45) is 62.1 Å². The average molecular weight is 626 g/mol. The summed E-state index contributed by atoms with van der Waals surface area (Å²) in [6.45, 7) is 25.1. The molecule has 0 aromatic rings. The number of rotatable bonds is 8. The van der Waals surface area contributed by atoms with E-state index in [-0.39, 0.29) is 51.5 Å². The fourth-order valence-corrected chi connectivity index (χ4v) is 13.0. The third-order valence-electron chi connectivity index (χ3n) is 15.5. The molecule has 5 fully saturated rings. The van der Waals surface area contributed by atoms with E-state index in [1.807, 2.05) is 6.92 Å². The summed E-state index contributed by atoms with van der Waals surface area (Å²) in [5.41, 5.74) is 0.680. The lowest BCUT2D eigenvalue weighted by atomic mass is 9.32. The highest BCUT2D eigenvalue weighted by Gasteiger charge is 2.71. The molecule has 0 aromatic carbocycles. The Labute approximate surface area is 273 Å². The summed E-state index contributed by atoms with van der Waals surface area (Å²) in [5, 5.41) is 12.7. The molecule has 6 heteroatoms. The number of ether oxygens (including phenoxy) is 1. The molecule has 5 aliphatic carbocycles. The average Bonchev–Trinajstić information content (AvgIpc) is 3.30. The summed E-state index contributed by atoms with van der Waals surface area (Å²) in [6.07, 6.45) is 11.7. The van der Waals surface area contributed by atoms with Crippen LogP contribution in [-0.4, -0.2) is 35.6 Å². The first-order valence-electron chi connectivity index (χ1n) is 18.1. The van der Waals surface area contributed by atoms with Crippen LogP contribution in [0, 0.1) is 62.1 Å². The molecular formula is C39H63NO5. The van der Waals surface area contributed by atoms with Gasteiger partial charge in [-0.1, -0.05) is 46.8 Å². The number of carbonyl (C=O) groups is 3. The zero-order valence-corrected chi connectivity index (χ0v) is 29.9. The van der Waals surface area contributed by atoms with Crippen LogP contribution in [0.25, 0.3) is 0 Å². The molecule has 0 saturated heterocycles. The Kier molecular flexibility index (Phi) is 8.73. The lowest BCUT2D eigenvalue weighted by molar-refractivity contribution is -0.250. The SMILES string of the molecule is C=C(C)[C@@H]1CC[C@]2(CC(=O)NCC)CC[C@]3(C)[C@H](CC[C@@H]4[C@@]5(C)CC[C@H](OC(=O)CC(C)(C)C(=O)O)C(C)(C)[C@@H]5CC[C@]43C)[C@@H]12. The van der Waals surface area contributed by atoms with Crippen LogP contribution in [0.5, 0.6) is 0 Å². The predicted molar refractivity (Wildman–Crippen MR) is 178 cm³/mol. The quantitative estimate of drug-likeness (QED) is 0.208. The maximum Gasteiger partial charge on any atom is 0.309 e. The summed E-state index contributed by atoms with van der Waals surface area (Å²) in [7, 11) is 0. The Hall–Kier alpha value is -1.85. The first kappa shape index (κ1) is 34.5. The van der Waals surface area contributed by atoms with Gasteiger partial charge < -0.3 is 15.2 Å². The maximum absolute atomic E-state index is 13.1. The third-order valence-corrected chi connectivity index (χ3v) is 15.5. The van der Waals surface area contributed by atoms with Gasteiger partial charge >= 0.3 is 11.9 Å². The van der Waals surface area contributed by atoms with Crippen molar-refractivity contribution in [1.29, 1.82) is 0 Å². The van der Waals surface area contributed by atoms with Crippen molar-refractivity contribution in [3.05, 3.63) is 12.2 Å². The van der Waals surface area contributed by atoms with Crippen molar-refractivity contribution in [3.8, 4) is 0 Å². The third kappa shape index (κ3) is 5.21. The number of hydrogen-bond donors (Lipinski definition) is 2. The minimum absolute atomic E-state index is 0.0937. The maximum atomic E-state index is 13.1. The number of carboxylic acid groups (broad SMARTS) is 1. The second-order valence-corrected chi connectivity index (χ2v) is 18.4. The molecule has 5 rings (SSSR count). The number of allylic oxidation sites excluding steroid dienone is 1. The van der Waals surface area contributed by atoms with E-state index >= 15 is 0 Å². The molecule has 5 aliphatic rings. The zero-order chi connectivity index (χ0) is 33.4. The highest BCUT2D eigenvalue weighted by atomic mass is 16.5. The van der Waals surface area contributed by atoms with Crippen molar-refractivity contribution in [3.63, 3.8) is 0 Å². The van der Waals surface area contributed by atoms with Crippen molar-refractivity contribution in [1.82, 2.24) is 5.32 Å². The van der Waals surface area contributed by atoms with Crippen molar-refractivity contribution in [2.45, 2.75) is 145 Å². The highest BCUT2D eigenvalue weighted by Crippen LogP contribution is 2.78. The van der Waals surface area contributed by atoms with Crippen LogP contribution in [0.15, 0.2) is 12.2 Å². The molecule has 0 heterocycles. The van der Waals surface area contributed by atoms with Crippen molar-refractivity contribution >= 4 is 17.8 Å². The van der Waals surface area contributed by atoms with Gasteiger partial charge in [-0.3, -0.25) is 14.4 Å². The van der Waals surface area contributed by atoms with Gasteiger partial charge in [-0.15, -0.1) is 0 Å². The van der Waals surface area contributed by atoms with Gasteiger partial charge in [-0.05, 0) is 143 Å². The molecule has 0 unspecified atom stereocenters. The molecule has 254 valence electrons. The monoisotopic (exact) mass is 625 g/mol. The molecule has 45 heavy (non-hydrogen) atoms. The van der Waals surface area contributed by atoms with Gasteiger partial charge in [-0.25, -0.2) is 0 Å². The molecule has 0 aliphatic heterocycles. The van der Waals surface area contributed by atoms with E-state index in [0.717, 1.165) is 32.1 Å². The Bertz CT molecular complexity index is 1220. The van der Waals surface area contributed by atoms with Crippen LogP contribution in [0.1, 0.15) is 139 Å². The summed E-state index contributed by atoms with van der Waals surface area (Å²) < 4.78 is 6.15. The zero-order valence-electron chi connectivity index (χ0n) is 29.9. The number of hydrogen-bond acceptors (Lipinski definition) is 4. The topological polar surface area (TPSA) is 92.7 Å². The number of amides is 1. The Morgan fingerprint density at radius 3 is 2.20 bits per heavy atom. The fourth-order valence-electron chi connectivity index (χ4n) is 13.0. The molecule has 1 amide bonds. The van der Waals surface area contributed by atoms with Crippen LogP contribution in [0.4, 0.5) is 0 Å². The van der Waals surface area contributed by atoms with E-state index in [9.17, 15) is 19.5 Å². The largest absolute Gasteiger partial charge is 0.481 e. The molecule has 0 bridgehead atoms. The van der Waals surface area contributed by atoms with E-state index < -0.39 is 11.4 Å². The normalized spacial score (nSPS) is 43.6. The molecule has 10 atom stereocenters. The molecular weight excluding hydrogens is 562 g/mol. The molecule has 0 aromatic heterocycles. The second-order valence-electron chi connectivity index (χ2n) is 18.4. The summed E-state index contributed by atoms with van der Waals surface area (Å²) in [5.74, 6) is 1.56. The first-order chi connectivity index (χ1) is 20.8. The van der Waals surface area contributed by atoms with Crippen molar-refractivity contribution < 1.29 is 24.2 Å². The predicted octanol–water partition coefficient (Wildman–Crippen LogP) is 8.58. The summed E-state index contributed by atoms with van der Waals surface area (Å²) in [4.78, 5) is 37.8. The second kappa shape index (κ2) is 11.4. The lowest BCUT2D eigenvalue weighted by Crippen LogP contribution is -2.67. The van der Waals surface area contributed by atoms with Crippen LogP contribution < -0.4 is 5.32 Å². The minimum Gasteiger partial charge on any atom is -0.481 e. The number of esters is 1. The van der Waals surface area contributed by atoms with Crippen LogP contribution in [0.2, 0.25) is 0 Å². The Balaban J connectivity index is 1.41. The van der Waals surface area contributed by atoms with Crippen LogP contribution in [-0.2, 0) is 19.1 Å². The van der Waals surface area contributed by atoms with Gasteiger partial charge in [0.05, 0.1) is 11.8 Å². The molecule has 0 radical (unpaired) electrons. The van der Waals surface area contributed by atoms with Gasteiger partial charge in [0.2, 0.25) is 5.91 Å². The fraction of sp³-hybridized carbons (Fsp3) is 0.872. The Morgan fingerprint density at radius 2 is 1.58 bits per heavy atom. The Morgan fingerprint density at radius 1 is 0.889 bits per heavy atom. The number of carboxylic acids is 1. The van der Waals surface area contributed by atoms with Crippen LogP contribution >= 0.6 is 0 Å². The lowest BCUT2D eigenvalue weighted by Gasteiger charge is -2.73. The van der Waals surface area contributed by atoms with E-state index in [0.29, 0.717) is 42.6 Å². The van der Waals surface area contributed by atoms with Gasteiger partial charge in [0.1, 0.15) is 6.10 Å². The van der Waals surface area contributed by atoms with E-state index in [2.05, 4.69) is 53.4 Å². The number of nitrogens with one attached hydrogen (secondary N) is 1. The van der Waals surface area contributed by atoms with Gasteiger partial charge in [0.25, 0.3) is 0 Å². The molecule has 2 N–H and O–H groups in total. The van der Waals surface area contributed by atoms with Gasteiger partial charge in [0, 0.05) is 18.4 Å². The van der Waals surface area contributed by atoms with E-state index in [1.54, 1.807) is 13.8 Å². The molecule has 6 nitrogen and oxygen atoms in total. The van der Waals surface area contributed by atoms with Gasteiger partial charge in [-0.2, -0.15) is 0 Å². The first-order valence-corrected chi connectivity index (χ1v) is 18.1. The smallest absolute Gasteiger partial charge is 0.309 e. The van der Waals surface area contributed by atoms with Gasteiger partial charge in [0.15, 0.2) is 0 Å². The number of aliphatic carboxylic acids is 1. The highest BCUT2D eigenvalue weighted by molar-refractivity contribution is 5.81. The number of fused-ring (bicyclic) bond motifs is 7. The molecule has 0 spiro atoms. The van der Waals surface area contributed by atoms with Crippen molar-refractivity contribution in [2.75, 3.05) is 6.54 Å². The summed E-state index contributed by atoms with van der Waals surface area (Å²) >= 11 is 0. The standard InChI is InChI=1S/C39H63NO5/c1-11-40-30(41)22-39-19-14-25(24(2)3)32(39)26-12-13-28-36(8)17-16-29(45-31(42)23-34(4,5)33(43)44)35(6,7)27(36)15-18-38(28,10)37(26,9)20-21-39/h25-29,32H,2,11-23H2,1,3-10H3,(H,40,41)(H,43,44)/t25-,26+,27-,28+,29-,32+,36-,37+,38+,39+/m0/s1. The summed E-state index contributed by atoms with van der Waals surface area (Å²) in [6, 6.07) is 0. The molecule has 5 saturated carbocycles. The van der Waals surface area contributed by atoms with E-state index in [4.69, 9.17) is 4.74 Å². The van der Waals surface area contributed by atoms with E-state index in [1.165, 1.54) is 37.7 Å². The number of carbonyl (C=O) groups excluding carboxylic acids is 2.